The number of fused-ring (bicyclic) bond motifs is 1. The molecule has 0 amide bonds. The Balaban J connectivity index is 2.14. The molecule has 0 bridgehead atoms. The second-order valence-corrected chi connectivity index (χ2v) is 4.87. The van der Waals surface area contributed by atoms with Crippen molar-refractivity contribution in [3.8, 4) is 0 Å². The third kappa shape index (κ3) is 2.34. The van der Waals surface area contributed by atoms with E-state index >= 15 is 0 Å². The van der Waals surface area contributed by atoms with Crippen molar-refractivity contribution in [3.05, 3.63) is 64.7 Å². The van der Waals surface area contributed by atoms with E-state index in [9.17, 15) is 4.79 Å². The number of nitrogens with one attached hydrogen (secondary N) is 2. The highest BCUT2D eigenvalue weighted by atomic mass is 16.1. The van der Waals surface area contributed by atoms with Crippen LogP contribution >= 0.6 is 0 Å². The van der Waals surface area contributed by atoms with Crippen molar-refractivity contribution in [3.63, 3.8) is 0 Å². The van der Waals surface area contributed by atoms with Crippen LogP contribution in [0, 0.1) is 0 Å². The summed E-state index contributed by atoms with van der Waals surface area (Å²) >= 11 is 0. The van der Waals surface area contributed by atoms with Gasteiger partial charge in [-0.3, -0.25) is 4.79 Å². The lowest BCUT2D eigenvalue weighted by Gasteiger charge is -2.04. The van der Waals surface area contributed by atoms with Gasteiger partial charge in [0.1, 0.15) is 0 Å². The van der Waals surface area contributed by atoms with Gasteiger partial charge in [0.05, 0.1) is 0 Å². The van der Waals surface area contributed by atoms with Gasteiger partial charge in [0.25, 0.3) is 0 Å². The molecule has 0 radical (unpaired) electrons. The second-order valence-electron chi connectivity index (χ2n) is 4.87. The molecular weight excluding hydrogens is 260 g/mol. The largest absolute Gasteiger partial charge is 0.388 e. The monoisotopic (exact) mass is 276 g/mol. The van der Waals surface area contributed by atoms with Crippen LogP contribution in [0.2, 0.25) is 0 Å². The number of carbonyl (C=O) groups excluding carboxylic acids is 1. The fraction of sp³-hybridized carbons (Fsp3) is 0.0556. The highest BCUT2D eigenvalue weighted by Crippen LogP contribution is 2.15. The van der Waals surface area contributed by atoms with Crippen LogP contribution in [-0.2, 0) is 0 Å². The van der Waals surface area contributed by atoms with Gasteiger partial charge in [-0.1, -0.05) is 36.9 Å². The zero-order valence-corrected chi connectivity index (χ0v) is 11.8. The first-order chi connectivity index (χ1) is 10.2. The third-order valence-electron chi connectivity index (χ3n) is 3.58. The van der Waals surface area contributed by atoms with Gasteiger partial charge < -0.3 is 10.3 Å². The molecule has 0 saturated heterocycles. The van der Waals surface area contributed by atoms with E-state index in [1.165, 1.54) is 0 Å². The van der Waals surface area contributed by atoms with Gasteiger partial charge in [-0.25, -0.2) is 0 Å². The van der Waals surface area contributed by atoms with Crippen LogP contribution in [0.1, 0.15) is 10.4 Å². The molecule has 0 atom stereocenters. The predicted octanol–water partition coefficient (Wildman–Crippen LogP) is 2.28. The van der Waals surface area contributed by atoms with Gasteiger partial charge >= 0.3 is 0 Å². The SMILES string of the molecule is C=c1/c(=C/C(=O)c2ccccc2NC)[nH]c2ccccc12. The Morgan fingerprint density at radius 3 is 2.62 bits per heavy atom. The summed E-state index contributed by atoms with van der Waals surface area (Å²) < 4.78 is 0. The van der Waals surface area contributed by atoms with Crippen molar-refractivity contribution in [1.82, 2.24) is 4.98 Å². The number of para-hydroxylation sites is 2. The Labute approximate surface area is 122 Å². The molecule has 3 rings (SSSR count). The van der Waals surface area contributed by atoms with Gasteiger partial charge in [-0.05, 0) is 18.2 Å². The van der Waals surface area contributed by atoms with E-state index in [-0.39, 0.29) is 5.78 Å². The van der Waals surface area contributed by atoms with Gasteiger partial charge in [-0.2, -0.15) is 0 Å². The number of hydrogen-bond acceptors (Lipinski definition) is 2. The van der Waals surface area contributed by atoms with Crippen LogP contribution in [0.3, 0.4) is 0 Å². The summed E-state index contributed by atoms with van der Waals surface area (Å²) in [6, 6.07) is 15.4. The van der Waals surface area contributed by atoms with Crippen LogP contribution in [0.25, 0.3) is 23.6 Å². The molecule has 0 aliphatic carbocycles. The number of Topliss-reactive ketones (excluding diaryl/α,β-unsaturated/α-hetero) is 1. The lowest BCUT2D eigenvalue weighted by atomic mass is 10.1. The first kappa shape index (κ1) is 13.2. The Kier molecular flexibility index (Phi) is 3.32. The topological polar surface area (TPSA) is 44.9 Å². The van der Waals surface area contributed by atoms with Crippen molar-refractivity contribution in [2.45, 2.75) is 0 Å². The van der Waals surface area contributed by atoms with E-state index in [4.69, 9.17) is 0 Å². The molecule has 3 heteroatoms. The fourth-order valence-electron chi connectivity index (χ4n) is 2.47. The standard InChI is InChI=1S/C18H16N2O/c1-12-13-7-3-6-10-16(13)20-17(12)11-18(21)14-8-4-5-9-15(14)19-2/h3-11,19-20H,1H2,2H3/b17-11-. The van der Waals surface area contributed by atoms with E-state index in [0.717, 1.165) is 27.2 Å². The molecule has 0 saturated carbocycles. The molecule has 1 aromatic heterocycles. The van der Waals surface area contributed by atoms with E-state index in [2.05, 4.69) is 16.9 Å². The summed E-state index contributed by atoms with van der Waals surface area (Å²) in [6.45, 7) is 4.07. The highest BCUT2D eigenvalue weighted by Gasteiger charge is 2.08. The maximum absolute atomic E-state index is 12.5. The predicted molar refractivity (Wildman–Crippen MR) is 87.9 cm³/mol. The summed E-state index contributed by atoms with van der Waals surface area (Å²) in [5, 5.41) is 5.68. The zero-order valence-electron chi connectivity index (χ0n) is 11.8. The number of aromatic amines is 1. The third-order valence-corrected chi connectivity index (χ3v) is 3.58. The number of benzene rings is 2. The summed E-state index contributed by atoms with van der Waals surface area (Å²) in [4.78, 5) is 15.7. The van der Waals surface area contributed by atoms with Crippen molar-refractivity contribution in [2.75, 3.05) is 12.4 Å². The maximum Gasteiger partial charge on any atom is 0.189 e. The Morgan fingerprint density at radius 1 is 1.14 bits per heavy atom. The summed E-state index contributed by atoms with van der Waals surface area (Å²) in [6.07, 6.45) is 1.61. The summed E-state index contributed by atoms with van der Waals surface area (Å²) in [5.41, 5.74) is 2.46. The first-order valence-electron chi connectivity index (χ1n) is 6.79. The fourth-order valence-corrected chi connectivity index (χ4v) is 2.47. The lowest BCUT2D eigenvalue weighted by Crippen LogP contribution is -2.23. The lowest BCUT2D eigenvalue weighted by molar-refractivity contribution is 0.106. The van der Waals surface area contributed by atoms with Gasteiger partial charge in [0, 0.05) is 45.8 Å². The van der Waals surface area contributed by atoms with E-state index < -0.39 is 0 Å². The van der Waals surface area contributed by atoms with Crippen LogP contribution < -0.4 is 15.9 Å². The Hall–Kier alpha value is -2.81. The second kappa shape index (κ2) is 5.29. The number of carbonyl (C=O) groups is 1. The average molecular weight is 276 g/mol. The average Bonchev–Trinajstić information content (AvgIpc) is 2.84. The molecule has 0 aliphatic rings. The highest BCUT2D eigenvalue weighted by molar-refractivity contribution is 6.19. The molecule has 3 nitrogen and oxygen atoms in total. The molecule has 21 heavy (non-hydrogen) atoms. The van der Waals surface area contributed by atoms with Gasteiger partial charge in [0.15, 0.2) is 5.78 Å². The van der Waals surface area contributed by atoms with Crippen LogP contribution in [-0.4, -0.2) is 17.8 Å². The number of aromatic nitrogens is 1. The number of hydrogen-bond donors (Lipinski definition) is 2. The van der Waals surface area contributed by atoms with Crippen molar-refractivity contribution in [2.24, 2.45) is 0 Å². The van der Waals surface area contributed by atoms with Crippen molar-refractivity contribution >= 4 is 35.0 Å². The minimum absolute atomic E-state index is 0.0450. The molecule has 2 aromatic carbocycles. The van der Waals surface area contributed by atoms with Gasteiger partial charge in [-0.15, -0.1) is 0 Å². The molecular formula is C18H16N2O. The van der Waals surface area contributed by atoms with E-state index in [1.54, 1.807) is 6.08 Å². The quantitative estimate of drug-likeness (QED) is 0.721. The molecule has 0 spiro atoms. The number of H-pyrrole nitrogens is 1. The minimum Gasteiger partial charge on any atom is -0.388 e. The molecule has 1 heterocycles. The molecule has 3 aromatic rings. The van der Waals surface area contributed by atoms with Crippen LogP contribution in [0.4, 0.5) is 5.69 Å². The van der Waals surface area contributed by atoms with Gasteiger partial charge in [0.2, 0.25) is 0 Å². The molecule has 0 unspecified atom stereocenters. The smallest absolute Gasteiger partial charge is 0.189 e. The van der Waals surface area contributed by atoms with Crippen molar-refractivity contribution in [1.29, 1.82) is 0 Å². The maximum atomic E-state index is 12.5. The minimum atomic E-state index is -0.0450. The number of ketones is 1. The van der Waals surface area contributed by atoms with E-state index in [1.807, 2.05) is 55.6 Å². The molecule has 2 N–H and O–H groups in total. The zero-order chi connectivity index (χ0) is 14.8. The number of rotatable bonds is 3. The Morgan fingerprint density at radius 2 is 1.86 bits per heavy atom. The molecule has 0 fully saturated rings. The Bertz CT molecular complexity index is 922. The molecule has 0 aliphatic heterocycles. The van der Waals surface area contributed by atoms with Crippen LogP contribution in [0.5, 0.6) is 0 Å². The first-order valence-corrected chi connectivity index (χ1v) is 6.79. The normalized spacial score (nSPS) is 11.8. The molecule has 104 valence electrons. The van der Waals surface area contributed by atoms with E-state index in [0.29, 0.717) is 5.56 Å². The van der Waals surface area contributed by atoms with Crippen LogP contribution in [0.15, 0.2) is 48.5 Å². The number of anilines is 1. The summed E-state index contributed by atoms with van der Waals surface area (Å²) in [7, 11) is 1.81. The van der Waals surface area contributed by atoms with Crippen molar-refractivity contribution < 1.29 is 4.79 Å². The summed E-state index contributed by atoms with van der Waals surface area (Å²) in [5.74, 6) is -0.0450.